The van der Waals surface area contributed by atoms with Crippen molar-refractivity contribution in [3.05, 3.63) is 12.2 Å². The van der Waals surface area contributed by atoms with E-state index in [1.165, 1.54) is 6.08 Å². The highest BCUT2D eigenvalue weighted by molar-refractivity contribution is 8.14. The Labute approximate surface area is 137 Å². The van der Waals surface area contributed by atoms with Crippen molar-refractivity contribution in [2.45, 2.75) is 43.2 Å². The Hall–Kier alpha value is -0.730. The number of aliphatic hydroxyl groups excluding tert-OH is 4. The van der Waals surface area contributed by atoms with Crippen LogP contribution in [0.25, 0.3) is 0 Å². The molecule has 1 fully saturated rings. The number of thioether (sulfide) groups is 1. The largest absolute Gasteiger partial charge is 0.466 e. The van der Waals surface area contributed by atoms with E-state index in [1.54, 1.807) is 13.0 Å². The van der Waals surface area contributed by atoms with Gasteiger partial charge in [-0.3, -0.25) is 4.55 Å². The van der Waals surface area contributed by atoms with Crippen LogP contribution >= 0.6 is 11.8 Å². The Morgan fingerprint density at radius 1 is 1.30 bits per heavy atom. The summed E-state index contributed by atoms with van der Waals surface area (Å²) in [6.45, 7) is 1.21. The summed E-state index contributed by atoms with van der Waals surface area (Å²) in [5, 5.41) is 41.5. The first kappa shape index (κ1) is 20.3. The number of nitrogens with zero attached hydrogens (tertiary/aromatic N) is 1. The lowest BCUT2D eigenvalue weighted by atomic mass is 10.0. The van der Waals surface area contributed by atoms with Gasteiger partial charge in [0.25, 0.3) is 0 Å². The molecule has 23 heavy (non-hydrogen) atoms. The number of hydrogen-bond acceptors (Lipinski definition) is 10. The van der Waals surface area contributed by atoms with E-state index in [0.717, 1.165) is 0 Å². The fraction of sp³-hybridized carbons (Fsp3) is 0.727. The lowest BCUT2D eigenvalue weighted by molar-refractivity contribution is -0.205. The minimum Gasteiger partial charge on any atom is -0.394 e. The lowest BCUT2D eigenvalue weighted by Crippen LogP contribution is -2.57. The Morgan fingerprint density at radius 3 is 2.48 bits per heavy atom. The summed E-state index contributed by atoms with van der Waals surface area (Å²) in [5.74, 6) is 0. The predicted octanol–water partition coefficient (Wildman–Crippen LogP) is -1.38. The molecule has 0 unspecified atom stereocenters. The molecular weight excluding hydrogens is 354 g/mol. The lowest BCUT2D eigenvalue weighted by Gasteiger charge is -2.39. The van der Waals surface area contributed by atoms with Gasteiger partial charge in [0, 0.05) is 0 Å². The maximum Gasteiger partial charge on any atom is 0.466 e. The van der Waals surface area contributed by atoms with Gasteiger partial charge in [-0.2, -0.15) is 8.42 Å². The van der Waals surface area contributed by atoms with Gasteiger partial charge in [-0.25, -0.2) is 4.28 Å². The van der Waals surface area contributed by atoms with E-state index in [0.29, 0.717) is 18.2 Å². The molecule has 1 aliphatic rings. The van der Waals surface area contributed by atoms with Crippen LogP contribution in [-0.2, 0) is 19.4 Å². The Bertz CT molecular complexity index is 534. The first-order valence-corrected chi connectivity index (χ1v) is 8.81. The van der Waals surface area contributed by atoms with Crippen LogP contribution in [0.4, 0.5) is 0 Å². The maximum absolute atomic E-state index is 10.6. The van der Waals surface area contributed by atoms with Crippen molar-refractivity contribution in [3.8, 4) is 0 Å². The Morgan fingerprint density at radius 2 is 1.96 bits per heavy atom. The topological polar surface area (TPSA) is 166 Å². The summed E-state index contributed by atoms with van der Waals surface area (Å²) >= 11 is 0.687. The molecule has 0 radical (unpaired) electrons. The molecule has 0 bridgehead atoms. The molecule has 5 atom stereocenters. The van der Waals surface area contributed by atoms with Gasteiger partial charge in [-0.1, -0.05) is 29.9 Å². The van der Waals surface area contributed by atoms with Crippen LogP contribution in [0, 0.1) is 0 Å². The van der Waals surface area contributed by atoms with Crippen molar-refractivity contribution >= 4 is 27.2 Å². The van der Waals surface area contributed by atoms with Gasteiger partial charge in [0.2, 0.25) is 0 Å². The molecule has 12 heteroatoms. The highest BCUT2D eigenvalue weighted by Crippen LogP contribution is 2.29. The number of ether oxygens (including phenoxy) is 1. The van der Waals surface area contributed by atoms with Crippen molar-refractivity contribution in [1.29, 1.82) is 0 Å². The number of hydrogen-bond donors (Lipinski definition) is 5. The molecule has 0 aromatic carbocycles. The van der Waals surface area contributed by atoms with E-state index >= 15 is 0 Å². The molecule has 0 aliphatic carbocycles. The zero-order chi connectivity index (χ0) is 17.6. The minimum atomic E-state index is -4.80. The van der Waals surface area contributed by atoms with Crippen LogP contribution < -0.4 is 0 Å². The molecule has 1 aliphatic heterocycles. The van der Waals surface area contributed by atoms with Crippen LogP contribution in [-0.4, -0.2) is 74.9 Å². The van der Waals surface area contributed by atoms with E-state index in [4.69, 9.17) is 14.4 Å². The fourth-order valence-electron chi connectivity index (χ4n) is 1.68. The Balaban J connectivity index is 2.90. The highest BCUT2D eigenvalue weighted by Gasteiger charge is 2.44. The van der Waals surface area contributed by atoms with Gasteiger partial charge in [0.05, 0.1) is 6.61 Å². The highest BCUT2D eigenvalue weighted by atomic mass is 32.3. The second kappa shape index (κ2) is 8.94. The second-order valence-corrected chi connectivity index (χ2v) is 6.68. The van der Waals surface area contributed by atoms with Crippen LogP contribution in [0.5, 0.6) is 0 Å². The number of allylic oxidation sites excluding steroid dienone is 1. The van der Waals surface area contributed by atoms with Crippen LogP contribution in [0.15, 0.2) is 17.3 Å². The monoisotopic (exact) mass is 373 g/mol. The van der Waals surface area contributed by atoms with Crippen LogP contribution in [0.1, 0.15) is 13.3 Å². The first-order valence-electron chi connectivity index (χ1n) is 6.57. The average molecular weight is 373 g/mol. The fourth-order valence-corrected chi connectivity index (χ4v) is 2.89. The van der Waals surface area contributed by atoms with Crippen molar-refractivity contribution in [2.24, 2.45) is 5.16 Å². The van der Waals surface area contributed by atoms with E-state index in [9.17, 15) is 23.7 Å². The molecule has 0 aromatic rings. The quantitative estimate of drug-likeness (QED) is 0.162. The molecule has 0 saturated carbocycles. The van der Waals surface area contributed by atoms with E-state index in [2.05, 4.69) is 9.44 Å². The molecule has 0 amide bonds. The van der Waals surface area contributed by atoms with Crippen molar-refractivity contribution in [3.63, 3.8) is 0 Å². The molecule has 0 aromatic heterocycles. The van der Waals surface area contributed by atoms with E-state index in [1.807, 2.05) is 0 Å². The molecular formula is C11H19NO9S2. The summed E-state index contributed by atoms with van der Waals surface area (Å²) in [4.78, 5) is 0. The number of rotatable bonds is 6. The Kier molecular flexibility index (Phi) is 7.89. The van der Waals surface area contributed by atoms with Gasteiger partial charge in [0.15, 0.2) is 0 Å². The summed E-state index contributed by atoms with van der Waals surface area (Å²) < 4.78 is 38.8. The van der Waals surface area contributed by atoms with Gasteiger partial charge < -0.3 is 25.2 Å². The predicted molar refractivity (Wildman–Crippen MR) is 80.9 cm³/mol. The van der Waals surface area contributed by atoms with Gasteiger partial charge >= 0.3 is 10.4 Å². The zero-order valence-electron chi connectivity index (χ0n) is 12.1. The smallest absolute Gasteiger partial charge is 0.394 e. The van der Waals surface area contributed by atoms with Gasteiger partial charge in [-0.15, -0.1) is 0 Å². The molecule has 1 saturated heterocycles. The number of oxime groups is 1. The summed E-state index contributed by atoms with van der Waals surface area (Å²) in [6.07, 6.45) is -2.17. The number of aliphatic hydroxyl groups is 4. The first-order chi connectivity index (χ1) is 10.7. The van der Waals surface area contributed by atoms with Crippen LogP contribution in [0.2, 0.25) is 0 Å². The van der Waals surface area contributed by atoms with Gasteiger partial charge in [0.1, 0.15) is 34.9 Å². The zero-order valence-corrected chi connectivity index (χ0v) is 13.7. The second-order valence-electron chi connectivity index (χ2n) is 4.56. The van der Waals surface area contributed by atoms with Crippen molar-refractivity contribution < 1.29 is 42.4 Å². The third kappa shape index (κ3) is 6.35. The standard InChI is InChI=1S/C11H19NO9S2/c1-2-3-4-7(12-21-23(17,18)19)22-11-10(16)9(15)8(14)6(5-13)20-11/h3-4,6,8-11,13-16H,2,5H2,1H3,(H,17,18,19)/b4-3+,12-7-/t6-,8-,9+,10-,11+/m1/s1. The summed E-state index contributed by atoms with van der Waals surface area (Å²) in [5.41, 5.74) is -1.16. The third-order valence-corrected chi connectivity index (χ3v) is 4.14. The summed E-state index contributed by atoms with van der Waals surface area (Å²) in [6, 6.07) is 0. The van der Waals surface area contributed by atoms with Crippen molar-refractivity contribution in [2.75, 3.05) is 6.61 Å². The van der Waals surface area contributed by atoms with Gasteiger partial charge in [-0.05, 0) is 12.5 Å². The molecule has 134 valence electrons. The van der Waals surface area contributed by atoms with Crippen molar-refractivity contribution in [1.82, 2.24) is 0 Å². The molecule has 5 N–H and O–H groups in total. The van der Waals surface area contributed by atoms with Crippen LogP contribution in [0.3, 0.4) is 0 Å². The average Bonchev–Trinajstić information content (AvgIpc) is 2.49. The maximum atomic E-state index is 10.6. The molecule has 1 heterocycles. The minimum absolute atomic E-state index is 0.0752. The summed E-state index contributed by atoms with van der Waals surface area (Å²) in [7, 11) is -4.80. The third-order valence-electron chi connectivity index (χ3n) is 2.80. The molecule has 0 spiro atoms. The van der Waals surface area contributed by atoms with E-state index in [-0.39, 0.29) is 5.04 Å². The molecule has 10 nitrogen and oxygen atoms in total. The SMILES string of the molecule is CC/C=C/C(=N/OS(=O)(=O)O)S[C@@H]1O[C@H](CO)[C@@H](O)[C@H](O)[C@H]1O. The van der Waals surface area contributed by atoms with E-state index < -0.39 is 46.9 Å². The normalized spacial score (nSPS) is 33.1. The molecule has 1 rings (SSSR count).